The number of benzene rings is 2. The van der Waals surface area contributed by atoms with Crippen LogP contribution in [0.25, 0.3) is 0 Å². The van der Waals surface area contributed by atoms with Gasteiger partial charge in [0.05, 0.1) is 17.4 Å². The number of carbonyl (C=O) groups excluding carboxylic acids is 1. The van der Waals surface area contributed by atoms with Crippen LogP contribution in [-0.2, 0) is 20.2 Å². The van der Waals surface area contributed by atoms with Gasteiger partial charge in [0.15, 0.2) is 0 Å². The van der Waals surface area contributed by atoms with Gasteiger partial charge in [0.1, 0.15) is 11.6 Å². The van der Waals surface area contributed by atoms with Crippen LogP contribution in [0.2, 0.25) is 5.02 Å². The smallest absolute Gasteiger partial charge is 0.264 e. The van der Waals surface area contributed by atoms with E-state index in [1.165, 1.54) is 57.4 Å². The molecule has 2 rings (SSSR count). The van der Waals surface area contributed by atoms with Crippen LogP contribution in [-0.4, -0.2) is 21.4 Å². The lowest BCUT2D eigenvalue weighted by Crippen LogP contribution is -2.43. The Balaban J connectivity index is 2.29. The summed E-state index contributed by atoms with van der Waals surface area (Å²) < 4.78 is 45.8. The van der Waals surface area contributed by atoms with E-state index in [2.05, 4.69) is 0 Å². The molecule has 25 heavy (non-hydrogen) atoms. The third-order valence-electron chi connectivity index (χ3n) is 3.77. The summed E-state index contributed by atoms with van der Waals surface area (Å²) >= 11 is 5.71. The molecule has 0 saturated heterocycles. The first kappa shape index (κ1) is 19.2. The van der Waals surface area contributed by atoms with E-state index in [0.29, 0.717) is 5.75 Å². The van der Waals surface area contributed by atoms with Gasteiger partial charge in [0.2, 0.25) is 5.91 Å². The maximum Gasteiger partial charge on any atom is 0.264 e. The molecule has 0 fully saturated rings. The lowest BCUT2D eigenvalue weighted by molar-refractivity contribution is -0.123. The van der Waals surface area contributed by atoms with Crippen LogP contribution in [0.5, 0.6) is 5.75 Å². The number of nitrogens with one attached hydrogen (secondary N) is 1. The standard InChI is InChI=1S/C17H17ClFNO4S/c1-17(2,14-9-4-11(18)10-15(14)19)16(21)20-25(22,23)13-7-5-12(24-3)6-8-13/h4-10H,1-3H3,(H,20,21). The van der Waals surface area contributed by atoms with Gasteiger partial charge < -0.3 is 4.74 Å². The maximum absolute atomic E-state index is 14.1. The second-order valence-corrected chi connectivity index (χ2v) is 7.98. The lowest BCUT2D eigenvalue weighted by Gasteiger charge is -2.24. The van der Waals surface area contributed by atoms with Crippen molar-refractivity contribution in [3.8, 4) is 5.75 Å². The van der Waals surface area contributed by atoms with Crippen molar-refractivity contribution >= 4 is 27.5 Å². The van der Waals surface area contributed by atoms with Gasteiger partial charge in [-0.25, -0.2) is 17.5 Å². The average Bonchev–Trinajstić information content (AvgIpc) is 2.54. The highest BCUT2D eigenvalue weighted by Crippen LogP contribution is 2.28. The van der Waals surface area contributed by atoms with Gasteiger partial charge in [-0.2, -0.15) is 0 Å². The molecule has 0 radical (unpaired) electrons. The van der Waals surface area contributed by atoms with Gasteiger partial charge in [-0.1, -0.05) is 17.7 Å². The molecule has 0 heterocycles. The van der Waals surface area contributed by atoms with E-state index < -0.39 is 27.2 Å². The first-order valence-corrected chi connectivity index (χ1v) is 9.11. The van der Waals surface area contributed by atoms with Crippen LogP contribution in [0.15, 0.2) is 47.4 Å². The topological polar surface area (TPSA) is 72.5 Å². The minimum absolute atomic E-state index is 0.0410. The molecule has 0 unspecified atom stereocenters. The number of amides is 1. The van der Waals surface area contributed by atoms with E-state index in [0.717, 1.165) is 6.07 Å². The summed E-state index contributed by atoms with van der Waals surface area (Å²) in [5.74, 6) is -1.06. The van der Waals surface area contributed by atoms with E-state index in [1.54, 1.807) is 0 Å². The minimum Gasteiger partial charge on any atom is -0.497 e. The molecule has 0 aliphatic rings. The average molecular weight is 386 g/mol. The second-order valence-electron chi connectivity index (χ2n) is 5.86. The molecule has 0 aliphatic heterocycles. The fourth-order valence-electron chi connectivity index (χ4n) is 2.18. The van der Waals surface area contributed by atoms with Crippen molar-refractivity contribution in [1.82, 2.24) is 4.72 Å². The predicted molar refractivity (Wildman–Crippen MR) is 92.8 cm³/mol. The van der Waals surface area contributed by atoms with Gasteiger partial charge in [0.25, 0.3) is 10.0 Å². The summed E-state index contributed by atoms with van der Waals surface area (Å²) in [4.78, 5) is 12.4. The fourth-order valence-corrected chi connectivity index (χ4v) is 3.45. The summed E-state index contributed by atoms with van der Waals surface area (Å²) in [5, 5.41) is 0.184. The van der Waals surface area contributed by atoms with Gasteiger partial charge >= 0.3 is 0 Å². The molecule has 5 nitrogen and oxygen atoms in total. The summed E-state index contributed by atoms with van der Waals surface area (Å²) in [5.41, 5.74) is -1.38. The monoisotopic (exact) mass is 385 g/mol. The van der Waals surface area contributed by atoms with E-state index >= 15 is 0 Å². The lowest BCUT2D eigenvalue weighted by atomic mass is 9.83. The maximum atomic E-state index is 14.1. The highest BCUT2D eigenvalue weighted by atomic mass is 35.5. The van der Waals surface area contributed by atoms with Crippen LogP contribution >= 0.6 is 11.6 Å². The van der Waals surface area contributed by atoms with Crippen LogP contribution in [0.4, 0.5) is 4.39 Å². The molecule has 2 aromatic carbocycles. The molecule has 0 aliphatic carbocycles. The number of rotatable bonds is 5. The van der Waals surface area contributed by atoms with E-state index in [4.69, 9.17) is 16.3 Å². The Morgan fingerprint density at radius 3 is 2.28 bits per heavy atom. The number of hydrogen-bond donors (Lipinski definition) is 1. The normalized spacial score (nSPS) is 11.9. The molecule has 1 amide bonds. The highest BCUT2D eigenvalue weighted by molar-refractivity contribution is 7.90. The number of ether oxygens (including phenoxy) is 1. The number of hydrogen-bond acceptors (Lipinski definition) is 4. The fraction of sp³-hybridized carbons (Fsp3) is 0.235. The Morgan fingerprint density at radius 1 is 1.16 bits per heavy atom. The molecule has 0 atom stereocenters. The number of halogens is 2. The minimum atomic E-state index is -4.10. The van der Waals surface area contributed by atoms with Gasteiger partial charge in [-0.05, 0) is 50.2 Å². The molecule has 2 aromatic rings. The number of carbonyl (C=O) groups is 1. The van der Waals surface area contributed by atoms with E-state index in [9.17, 15) is 17.6 Å². The second kappa shape index (κ2) is 7.01. The summed E-state index contributed by atoms with van der Waals surface area (Å²) in [7, 11) is -2.65. The molecular formula is C17H17ClFNO4S. The number of sulfonamides is 1. The third kappa shape index (κ3) is 4.11. The summed E-state index contributed by atoms with van der Waals surface area (Å²) in [6.07, 6.45) is 0. The Hall–Kier alpha value is -2.12. The third-order valence-corrected chi connectivity index (χ3v) is 5.35. The molecule has 1 N–H and O–H groups in total. The van der Waals surface area contributed by atoms with Crippen molar-refractivity contribution in [3.63, 3.8) is 0 Å². The molecule has 0 bridgehead atoms. The molecular weight excluding hydrogens is 369 g/mol. The Morgan fingerprint density at radius 2 is 1.76 bits per heavy atom. The quantitative estimate of drug-likeness (QED) is 0.857. The molecule has 0 spiro atoms. The zero-order valence-electron chi connectivity index (χ0n) is 13.8. The van der Waals surface area contributed by atoms with Gasteiger partial charge in [-0.3, -0.25) is 4.79 Å². The number of methoxy groups -OCH3 is 1. The zero-order chi connectivity index (χ0) is 18.8. The van der Waals surface area contributed by atoms with Crippen molar-refractivity contribution in [2.45, 2.75) is 24.2 Å². The Bertz CT molecular complexity index is 895. The Labute approximate surface area is 150 Å². The predicted octanol–water partition coefficient (Wildman–Crippen LogP) is 3.27. The first-order valence-electron chi connectivity index (χ1n) is 7.25. The van der Waals surface area contributed by atoms with Crippen molar-refractivity contribution in [2.24, 2.45) is 0 Å². The van der Waals surface area contributed by atoms with Crippen LogP contribution in [0.3, 0.4) is 0 Å². The Kier molecular flexibility index (Phi) is 5.39. The van der Waals surface area contributed by atoms with E-state index in [1.807, 2.05) is 4.72 Å². The summed E-state index contributed by atoms with van der Waals surface area (Å²) in [6, 6.07) is 9.41. The molecule has 0 aromatic heterocycles. The van der Waals surface area contributed by atoms with E-state index in [-0.39, 0.29) is 15.5 Å². The van der Waals surface area contributed by atoms with Crippen molar-refractivity contribution in [3.05, 3.63) is 58.9 Å². The molecule has 0 saturated carbocycles. The zero-order valence-corrected chi connectivity index (χ0v) is 15.4. The molecule has 134 valence electrons. The van der Waals surface area contributed by atoms with Crippen LogP contribution in [0.1, 0.15) is 19.4 Å². The van der Waals surface area contributed by atoms with Crippen molar-refractivity contribution in [1.29, 1.82) is 0 Å². The van der Waals surface area contributed by atoms with Crippen LogP contribution in [0, 0.1) is 5.82 Å². The van der Waals surface area contributed by atoms with Gasteiger partial charge in [0, 0.05) is 10.6 Å². The summed E-state index contributed by atoms with van der Waals surface area (Å²) in [6.45, 7) is 2.86. The van der Waals surface area contributed by atoms with Crippen molar-refractivity contribution < 1.29 is 22.3 Å². The SMILES string of the molecule is COc1ccc(S(=O)(=O)NC(=O)C(C)(C)c2ccc(Cl)cc2F)cc1. The van der Waals surface area contributed by atoms with Crippen molar-refractivity contribution in [2.75, 3.05) is 7.11 Å². The molecule has 8 heteroatoms. The highest BCUT2D eigenvalue weighted by Gasteiger charge is 2.35. The first-order chi connectivity index (χ1) is 11.6. The largest absolute Gasteiger partial charge is 0.497 e. The van der Waals surface area contributed by atoms with Crippen LogP contribution < -0.4 is 9.46 Å². The van der Waals surface area contributed by atoms with Gasteiger partial charge in [-0.15, -0.1) is 0 Å².